The van der Waals surface area contributed by atoms with E-state index in [0.29, 0.717) is 38.2 Å². The van der Waals surface area contributed by atoms with Crippen LogP contribution in [0.4, 0.5) is 10.5 Å². The number of aryl methyl sites for hydroxylation is 2. The highest BCUT2D eigenvalue weighted by Crippen LogP contribution is 2.32. The number of hydrogen-bond donors (Lipinski definition) is 1. The molecule has 0 aliphatic carbocycles. The van der Waals surface area contributed by atoms with Crippen molar-refractivity contribution in [3.05, 3.63) is 51.2 Å². The lowest BCUT2D eigenvalue weighted by Gasteiger charge is -2.39. The van der Waals surface area contributed by atoms with Crippen LogP contribution in [0.1, 0.15) is 66.1 Å². The Kier molecular flexibility index (Phi) is 8.00. The number of carbonyl (C=O) groups is 3. The Morgan fingerprint density at radius 2 is 1.83 bits per heavy atom. The molecule has 194 valence electrons. The Balaban J connectivity index is 1.48. The zero-order chi connectivity index (χ0) is 25.9. The number of thiophene rings is 1. The average Bonchev–Trinajstić information content (AvgIpc) is 3.20. The summed E-state index contributed by atoms with van der Waals surface area (Å²) in [6.45, 7) is 10.5. The zero-order valence-corrected chi connectivity index (χ0v) is 22.4. The van der Waals surface area contributed by atoms with E-state index in [1.165, 1.54) is 4.88 Å². The Labute approximate surface area is 217 Å². The molecule has 36 heavy (non-hydrogen) atoms. The third-order valence-electron chi connectivity index (χ3n) is 6.66. The summed E-state index contributed by atoms with van der Waals surface area (Å²) in [6.07, 6.45) is 3.16. The number of nitrogens with one attached hydrogen (secondary N) is 1. The van der Waals surface area contributed by atoms with Crippen LogP contribution in [-0.4, -0.2) is 66.5 Å². The zero-order valence-electron chi connectivity index (χ0n) is 21.6. The molecule has 1 aromatic heterocycles. The number of ether oxygens (including phenoxy) is 1. The van der Waals surface area contributed by atoms with Crippen molar-refractivity contribution in [2.45, 2.75) is 58.7 Å². The molecule has 9 heteroatoms. The van der Waals surface area contributed by atoms with Gasteiger partial charge in [-0.3, -0.25) is 14.5 Å². The molecule has 0 saturated carbocycles. The molecular formula is C27H36N4O4S. The second-order valence-electron chi connectivity index (χ2n) is 10.4. The van der Waals surface area contributed by atoms with Crippen LogP contribution in [-0.2, 0) is 16.0 Å². The van der Waals surface area contributed by atoms with Gasteiger partial charge in [-0.2, -0.15) is 0 Å². The average molecular weight is 513 g/mol. The highest BCUT2D eigenvalue weighted by Gasteiger charge is 2.30. The first-order valence-electron chi connectivity index (χ1n) is 12.6. The maximum Gasteiger partial charge on any atom is 0.410 e. The molecule has 1 aromatic carbocycles. The lowest BCUT2D eigenvalue weighted by molar-refractivity contribution is -0.111. The number of nitrogens with zero attached hydrogens (tertiary/aromatic N) is 3. The van der Waals surface area contributed by atoms with Crippen molar-refractivity contribution in [3.8, 4) is 0 Å². The molecule has 0 radical (unpaired) electrons. The molecule has 1 unspecified atom stereocenters. The molecule has 0 spiro atoms. The molecule has 3 amide bonds. The van der Waals surface area contributed by atoms with Gasteiger partial charge in [0.25, 0.3) is 5.91 Å². The summed E-state index contributed by atoms with van der Waals surface area (Å²) in [5, 5.41) is 5.00. The van der Waals surface area contributed by atoms with E-state index in [1.54, 1.807) is 16.2 Å². The van der Waals surface area contributed by atoms with Gasteiger partial charge in [-0.25, -0.2) is 4.79 Å². The number of amides is 3. The minimum absolute atomic E-state index is 0.0112. The monoisotopic (exact) mass is 512 g/mol. The first kappa shape index (κ1) is 26.2. The lowest BCUT2D eigenvalue weighted by atomic mass is 10.0. The number of fused-ring (bicyclic) bond motifs is 1. The number of piperazine rings is 1. The highest BCUT2D eigenvalue weighted by atomic mass is 32.1. The van der Waals surface area contributed by atoms with Crippen LogP contribution in [0.3, 0.4) is 0 Å². The summed E-state index contributed by atoms with van der Waals surface area (Å²) in [5.41, 5.74) is 3.03. The first-order chi connectivity index (χ1) is 17.2. The maximum absolute atomic E-state index is 13.5. The van der Waals surface area contributed by atoms with Gasteiger partial charge in [0.05, 0.1) is 5.69 Å². The van der Waals surface area contributed by atoms with Crippen molar-refractivity contribution in [1.82, 2.24) is 15.1 Å². The number of rotatable bonds is 5. The Bertz CT molecular complexity index is 1100. The quantitative estimate of drug-likeness (QED) is 0.603. The van der Waals surface area contributed by atoms with E-state index in [0.717, 1.165) is 42.6 Å². The first-order valence-corrected chi connectivity index (χ1v) is 13.5. The minimum Gasteiger partial charge on any atom is -0.444 e. The number of hydrogen-bond acceptors (Lipinski definition) is 6. The Hall–Kier alpha value is -2.91. The van der Waals surface area contributed by atoms with Gasteiger partial charge < -0.3 is 19.9 Å². The molecule has 1 atom stereocenters. The molecule has 2 aliphatic heterocycles. The summed E-state index contributed by atoms with van der Waals surface area (Å²) >= 11 is 1.72. The summed E-state index contributed by atoms with van der Waals surface area (Å²) in [5.74, 6) is 0.0112. The molecule has 1 fully saturated rings. The van der Waals surface area contributed by atoms with Gasteiger partial charge in [0.2, 0.25) is 6.41 Å². The second-order valence-corrected chi connectivity index (χ2v) is 11.4. The van der Waals surface area contributed by atoms with Crippen LogP contribution in [0.15, 0.2) is 29.6 Å². The van der Waals surface area contributed by atoms with E-state index < -0.39 is 5.60 Å². The van der Waals surface area contributed by atoms with Crippen molar-refractivity contribution in [2.75, 3.05) is 37.6 Å². The molecule has 2 aromatic rings. The number of benzene rings is 1. The lowest BCUT2D eigenvalue weighted by Crippen LogP contribution is -2.53. The third kappa shape index (κ3) is 5.90. The van der Waals surface area contributed by atoms with Crippen molar-refractivity contribution >= 4 is 35.4 Å². The predicted octanol–water partition coefficient (Wildman–Crippen LogP) is 4.34. The van der Waals surface area contributed by atoms with Crippen molar-refractivity contribution < 1.29 is 19.1 Å². The van der Waals surface area contributed by atoms with Crippen LogP contribution in [0.25, 0.3) is 0 Å². The normalized spacial score (nSPS) is 17.7. The Morgan fingerprint density at radius 1 is 1.08 bits per heavy atom. The van der Waals surface area contributed by atoms with Gasteiger partial charge in [0, 0.05) is 43.2 Å². The fourth-order valence-electron chi connectivity index (χ4n) is 4.87. The summed E-state index contributed by atoms with van der Waals surface area (Å²) in [7, 11) is 0. The van der Waals surface area contributed by atoms with Gasteiger partial charge in [0.1, 0.15) is 11.8 Å². The van der Waals surface area contributed by atoms with Gasteiger partial charge in [0.15, 0.2) is 0 Å². The topological polar surface area (TPSA) is 82.2 Å². The van der Waals surface area contributed by atoms with Crippen LogP contribution < -0.4 is 10.2 Å². The Morgan fingerprint density at radius 3 is 2.50 bits per heavy atom. The summed E-state index contributed by atoms with van der Waals surface area (Å²) in [6, 6.07) is 7.77. The fraction of sp³-hybridized carbons (Fsp3) is 0.519. The second kappa shape index (κ2) is 11.0. The number of anilines is 1. The largest absolute Gasteiger partial charge is 0.444 e. The van der Waals surface area contributed by atoms with Crippen molar-refractivity contribution in [1.29, 1.82) is 0 Å². The van der Waals surface area contributed by atoms with Crippen LogP contribution in [0.2, 0.25) is 0 Å². The standard InChI is InChI=1S/C27H36N4O4S/c1-19-17-20(25(33)31-11-6-5-7-23-22(31)10-16-36-23)8-9-21(19)24(28-18-32)29-12-14-30(15-13-29)26(34)35-27(2,3)4/h8-10,16-18,24H,5-7,11-15H2,1-4H3,(H,28,32). The summed E-state index contributed by atoms with van der Waals surface area (Å²) < 4.78 is 5.50. The van der Waals surface area contributed by atoms with Gasteiger partial charge in [-0.05, 0) is 81.7 Å². The van der Waals surface area contributed by atoms with Gasteiger partial charge >= 0.3 is 6.09 Å². The molecule has 1 saturated heterocycles. The predicted molar refractivity (Wildman–Crippen MR) is 141 cm³/mol. The molecule has 4 rings (SSSR count). The van der Waals surface area contributed by atoms with E-state index in [-0.39, 0.29) is 18.2 Å². The van der Waals surface area contributed by atoms with Crippen LogP contribution in [0, 0.1) is 6.92 Å². The van der Waals surface area contributed by atoms with Crippen LogP contribution in [0.5, 0.6) is 0 Å². The van der Waals surface area contributed by atoms with E-state index in [4.69, 9.17) is 4.74 Å². The van der Waals surface area contributed by atoms with Crippen molar-refractivity contribution in [3.63, 3.8) is 0 Å². The molecule has 2 aliphatic rings. The smallest absolute Gasteiger partial charge is 0.410 e. The molecule has 0 bridgehead atoms. The molecule has 1 N–H and O–H groups in total. The molecule has 3 heterocycles. The third-order valence-corrected chi connectivity index (χ3v) is 7.63. The minimum atomic E-state index is -0.537. The van der Waals surface area contributed by atoms with Crippen molar-refractivity contribution in [2.24, 2.45) is 0 Å². The van der Waals surface area contributed by atoms with Gasteiger partial charge in [-0.15, -0.1) is 11.3 Å². The molecular weight excluding hydrogens is 476 g/mol. The van der Waals surface area contributed by atoms with Gasteiger partial charge in [-0.1, -0.05) is 6.07 Å². The van der Waals surface area contributed by atoms with E-state index in [1.807, 2.05) is 56.9 Å². The summed E-state index contributed by atoms with van der Waals surface area (Å²) in [4.78, 5) is 44.4. The van der Waals surface area contributed by atoms with Crippen LogP contribution >= 0.6 is 11.3 Å². The number of carbonyl (C=O) groups excluding carboxylic acids is 3. The fourth-order valence-corrected chi connectivity index (χ4v) is 5.79. The highest BCUT2D eigenvalue weighted by molar-refractivity contribution is 7.10. The van der Waals surface area contributed by atoms with E-state index >= 15 is 0 Å². The maximum atomic E-state index is 13.5. The SMILES string of the molecule is Cc1cc(C(=O)N2CCCCc3sccc32)ccc1C(NC=O)N1CCN(C(=O)OC(C)(C)C)CC1. The van der Waals surface area contributed by atoms with E-state index in [9.17, 15) is 14.4 Å². The molecule has 8 nitrogen and oxygen atoms in total. The van der Waals surface area contributed by atoms with E-state index in [2.05, 4.69) is 15.6 Å².